The summed E-state index contributed by atoms with van der Waals surface area (Å²) in [5.41, 5.74) is 6.35. The number of anilines is 2. The Morgan fingerprint density at radius 1 is 1.12 bits per heavy atom. The van der Waals surface area contributed by atoms with E-state index in [0.717, 1.165) is 31.9 Å². The first-order valence-electron chi connectivity index (χ1n) is 8.21. The molecule has 7 nitrogen and oxygen atoms in total. The SMILES string of the molecule is CC(C(=O)NNc1ncccn1)N1CCN(c2ccc(F)cc2)CC1. The van der Waals surface area contributed by atoms with Crippen LogP contribution >= 0.6 is 0 Å². The zero-order chi connectivity index (χ0) is 17.6. The molecule has 1 aromatic carbocycles. The highest BCUT2D eigenvalue weighted by Gasteiger charge is 2.25. The summed E-state index contributed by atoms with van der Waals surface area (Å²) in [7, 11) is 0. The number of aromatic nitrogens is 2. The average molecular weight is 344 g/mol. The molecule has 2 heterocycles. The molecule has 1 unspecified atom stereocenters. The standard InChI is InChI=1S/C17H21FN6O/c1-13(16(25)21-22-17-19-7-2-8-20-17)23-9-11-24(12-10-23)15-5-3-14(18)4-6-15/h2-8,13H,9-12H2,1H3,(H,21,25)(H,19,20,22). The van der Waals surface area contributed by atoms with Crippen molar-refractivity contribution >= 4 is 17.5 Å². The number of benzene rings is 1. The normalized spacial score (nSPS) is 16.3. The van der Waals surface area contributed by atoms with Crippen molar-refractivity contribution in [2.45, 2.75) is 13.0 Å². The van der Waals surface area contributed by atoms with Crippen LogP contribution in [0.2, 0.25) is 0 Å². The largest absolute Gasteiger partial charge is 0.369 e. The number of carbonyl (C=O) groups excluding carboxylic acids is 1. The maximum absolute atomic E-state index is 13.0. The van der Waals surface area contributed by atoms with Gasteiger partial charge in [-0.25, -0.2) is 14.4 Å². The number of nitrogens with zero attached hydrogens (tertiary/aromatic N) is 4. The molecule has 132 valence electrons. The Hall–Kier alpha value is -2.74. The summed E-state index contributed by atoms with van der Waals surface area (Å²) in [5, 5.41) is 0. The Balaban J connectivity index is 1.48. The topological polar surface area (TPSA) is 73.4 Å². The van der Waals surface area contributed by atoms with Gasteiger partial charge in [0.1, 0.15) is 5.82 Å². The zero-order valence-electron chi connectivity index (χ0n) is 14.0. The second-order valence-corrected chi connectivity index (χ2v) is 5.86. The van der Waals surface area contributed by atoms with Crippen molar-refractivity contribution in [3.05, 3.63) is 48.5 Å². The lowest BCUT2D eigenvalue weighted by Gasteiger charge is -2.38. The number of hydrogen-bond acceptors (Lipinski definition) is 6. The number of halogens is 1. The molecule has 0 saturated carbocycles. The van der Waals surface area contributed by atoms with Gasteiger partial charge in [-0.05, 0) is 37.3 Å². The third kappa shape index (κ3) is 4.42. The second-order valence-electron chi connectivity index (χ2n) is 5.86. The summed E-state index contributed by atoms with van der Waals surface area (Å²) in [6, 6.07) is 7.93. The van der Waals surface area contributed by atoms with Gasteiger partial charge in [-0.2, -0.15) is 0 Å². The summed E-state index contributed by atoms with van der Waals surface area (Å²) in [5.74, 6) is -0.0190. The number of carbonyl (C=O) groups is 1. The summed E-state index contributed by atoms with van der Waals surface area (Å²) < 4.78 is 13.0. The van der Waals surface area contributed by atoms with Gasteiger partial charge in [-0.3, -0.25) is 20.5 Å². The lowest BCUT2D eigenvalue weighted by atomic mass is 10.2. The number of rotatable bonds is 5. The number of nitrogens with one attached hydrogen (secondary N) is 2. The van der Waals surface area contributed by atoms with Crippen molar-refractivity contribution in [2.24, 2.45) is 0 Å². The smallest absolute Gasteiger partial charge is 0.255 e. The highest BCUT2D eigenvalue weighted by Crippen LogP contribution is 2.17. The monoisotopic (exact) mass is 344 g/mol. The highest BCUT2D eigenvalue weighted by atomic mass is 19.1. The Morgan fingerprint density at radius 3 is 2.40 bits per heavy atom. The number of amides is 1. The van der Waals surface area contributed by atoms with Gasteiger partial charge in [0.2, 0.25) is 5.95 Å². The molecule has 1 aliphatic heterocycles. The fraction of sp³-hybridized carbons (Fsp3) is 0.353. The minimum absolute atomic E-state index is 0.136. The minimum Gasteiger partial charge on any atom is -0.369 e. The molecule has 0 aliphatic carbocycles. The van der Waals surface area contributed by atoms with Gasteiger partial charge in [0.25, 0.3) is 5.91 Å². The first-order valence-corrected chi connectivity index (χ1v) is 8.21. The van der Waals surface area contributed by atoms with E-state index < -0.39 is 0 Å². The molecular weight excluding hydrogens is 323 g/mol. The fourth-order valence-corrected chi connectivity index (χ4v) is 2.77. The predicted molar refractivity (Wildman–Crippen MR) is 93.4 cm³/mol. The van der Waals surface area contributed by atoms with Crippen molar-refractivity contribution in [2.75, 3.05) is 36.5 Å². The molecular formula is C17H21FN6O. The molecule has 8 heteroatoms. The van der Waals surface area contributed by atoms with E-state index in [1.807, 2.05) is 6.92 Å². The van der Waals surface area contributed by atoms with Gasteiger partial charge in [-0.1, -0.05) is 0 Å². The van der Waals surface area contributed by atoms with Crippen LogP contribution in [0.1, 0.15) is 6.92 Å². The predicted octanol–water partition coefficient (Wildman–Crippen LogP) is 1.27. The van der Waals surface area contributed by atoms with Crippen molar-refractivity contribution < 1.29 is 9.18 Å². The van der Waals surface area contributed by atoms with E-state index >= 15 is 0 Å². The van der Waals surface area contributed by atoms with Gasteiger partial charge in [0.05, 0.1) is 6.04 Å². The maximum atomic E-state index is 13.0. The maximum Gasteiger partial charge on any atom is 0.255 e. The molecule has 2 aromatic rings. The first-order chi connectivity index (χ1) is 12.1. The van der Waals surface area contributed by atoms with E-state index in [2.05, 4.69) is 30.6 Å². The summed E-state index contributed by atoms with van der Waals surface area (Å²) in [6.07, 6.45) is 3.19. The van der Waals surface area contributed by atoms with Gasteiger partial charge in [0.15, 0.2) is 0 Å². The molecule has 1 saturated heterocycles. The Morgan fingerprint density at radius 2 is 1.76 bits per heavy atom. The third-order valence-electron chi connectivity index (χ3n) is 4.30. The van der Waals surface area contributed by atoms with Crippen LogP contribution in [0.3, 0.4) is 0 Å². The minimum atomic E-state index is -0.272. The summed E-state index contributed by atoms with van der Waals surface area (Å²) in [4.78, 5) is 24.6. The number of piperazine rings is 1. The van der Waals surface area contributed by atoms with Crippen LogP contribution in [-0.4, -0.2) is 53.0 Å². The van der Waals surface area contributed by atoms with Gasteiger partial charge >= 0.3 is 0 Å². The van der Waals surface area contributed by atoms with Crippen LogP contribution < -0.4 is 15.8 Å². The quantitative estimate of drug-likeness (QED) is 0.796. The van der Waals surface area contributed by atoms with Crippen LogP contribution in [-0.2, 0) is 4.79 Å². The Labute approximate surface area is 145 Å². The lowest BCUT2D eigenvalue weighted by molar-refractivity contribution is -0.125. The fourth-order valence-electron chi connectivity index (χ4n) is 2.77. The van der Waals surface area contributed by atoms with Crippen LogP contribution in [0.25, 0.3) is 0 Å². The molecule has 1 amide bonds. The molecule has 1 aliphatic rings. The summed E-state index contributed by atoms with van der Waals surface area (Å²) in [6.45, 7) is 4.97. The van der Waals surface area contributed by atoms with Crippen molar-refractivity contribution in [3.63, 3.8) is 0 Å². The molecule has 0 spiro atoms. The lowest BCUT2D eigenvalue weighted by Crippen LogP contribution is -2.54. The van der Waals surface area contributed by atoms with Gasteiger partial charge in [0, 0.05) is 44.3 Å². The van der Waals surface area contributed by atoms with Gasteiger partial charge < -0.3 is 4.90 Å². The molecule has 1 atom stereocenters. The highest BCUT2D eigenvalue weighted by molar-refractivity contribution is 5.82. The Kier molecular flexibility index (Phi) is 5.39. The Bertz CT molecular complexity index is 688. The van der Waals surface area contributed by atoms with E-state index in [9.17, 15) is 9.18 Å². The van der Waals surface area contributed by atoms with Crippen LogP contribution in [0.15, 0.2) is 42.7 Å². The molecule has 1 aromatic heterocycles. The van der Waals surface area contributed by atoms with E-state index in [4.69, 9.17) is 0 Å². The van der Waals surface area contributed by atoms with E-state index in [1.165, 1.54) is 12.1 Å². The molecule has 2 N–H and O–H groups in total. The van der Waals surface area contributed by atoms with E-state index in [0.29, 0.717) is 5.95 Å². The van der Waals surface area contributed by atoms with E-state index in [-0.39, 0.29) is 17.8 Å². The second kappa shape index (κ2) is 7.89. The van der Waals surface area contributed by atoms with Crippen molar-refractivity contribution in [1.82, 2.24) is 20.3 Å². The first kappa shape index (κ1) is 17.1. The molecule has 1 fully saturated rings. The number of hydrazine groups is 1. The van der Waals surface area contributed by atoms with Crippen molar-refractivity contribution in [1.29, 1.82) is 0 Å². The molecule has 3 rings (SSSR count). The summed E-state index contributed by atoms with van der Waals surface area (Å²) >= 11 is 0. The molecule has 25 heavy (non-hydrogen) atoms. The average Bonchev–Trinajstić information content (AvgIpc) is 2.67. The van der Waals surface area contributed by atoms with Crippen LogP contribution in [0.5, 0.6) is 0 Å². The van der Waals surface area contributed by atoms with Gasteiger partial charge in [-0.15, -0.1) is 0 Å². The van der Waals surface area contributed by atoms with E-state index in [1.54, 1.807) is 30.6 Å². The van der Waals surface area contributed by atoms with Crippen LogP contribution in [0.4, 0.5) is 16.0 Å². The molecule has 0 radical (unpaired) electrons. The number of hydrogen-bond donors (Lipinski definition) is 2. The molecule has 0 bridgehead atoms. The zero-order valence-corrected chi connectivity index (χ0v) is 14.0. The van der Waals surface area contributed by atoms with Crippen molar-refractivity contribution in [3.8, 4) is 0 Å². The van der Waals surface area contributed by atoms with Crippen LogP contribution in [0, 0.1) is 5.82 Å². The third-order valence-corrected chi connectivity index (χ3v) is 4.30.